The molecule has 1 aliphatic heterocycles. The summed E-state index contributed by atoms with van der Waals surface area (Å²) < 4.78 is 5.89. The summed E-state index contributed by atoms with van der Waals surface area (Å²) in [7, 11) is 2.12. The number of amides is 1. The van der Waals surface area contributed by atoms with Crippen molar-refractivity contribution in [3.8, 4) is 5.75 Å². The lowest BCUT2D eigenvalue weighted by atomic mass is 9.91. The third kappa shape index (κ3) is 4.85. The highest BCUT2D eigenvalue weighted by molar-refractivity contribution is 5.92. The molecule has 0 radical (unpaired) electrons. The van der Waals surface area contributed by atoms with Gasteiger partial charge in [0.05, 0.1) is 0 Å². The molecule has 4 nitrogen and oxygen atoms in total. The van der Waals surface area contributed by atoms with Crippen molar-refractivity contribution in [3.05, 3.63) is 59.7 Å². The number of aryl methyl sites for hydroxylation is 1. The fourth-order valence-corrected chi connectivity index (χ4v) is 3.40. The van der Waals surface area contributed by atoms with Crippen LogP contribution in [0.25, 0.3) is 0 Å². The second-order valence-electron chi connectivity index (χ2n) is 7.35. The first-order chi connectivity index (χ1) is 12.5. The number of nitrogens with one attached hydrogen (secondary N) is 1. The molecular formula is C22H28N2O2. The van der Waals surface area contributed by atoms with Gasteiger partial charge in [-0.25, -0.2) is 0 Å². The minimum atomic E-state index is 0.0815. The van der Waals surface area contributed by atoms with E-state index in [1.807, 2.05) is 30.3 Å². The standard InChI is InChI=1S/C22H28N2O2/c1-16-6-4-7-18(12-16)15-26-21-9-5-8-20(14-21)23-22(25)19-10-11-24(3)17(2)13-19/h4-9,12,14,17,19H,10-11,13,15H2,1-3H3,(H,23,25)/t17-,19-/m0/s1. The SMILES string of the molecule is Cc1cccc(COc2cccc(NC(=O)[C@H]3CCN(C)[C@@H](C)C3)c2)c1. The zero-order valence-corrected chi connectivity index (χ0v) is 15.9. The van der Waals surface area contributed by atoms with Crippen LogP contribution >= 0.6 is 0 Å². The van der Waals surface area contributed by atoms with Crippen LogP contribution in [0, 0.1) is 12.8 Å². The number of carbonyl (C=O) groups is 1. The number of carbonyl (C=O) groups excluding carboxylic acids is 1. The summed E-state index contributed by atoms with van der Waals surface area (Å²) in [5.41, 5.74) is 3.16. The molecule has 1 N–H and O–H groups in total. The number of rotatable bonds is 5. The predicted molar refractivity (Wildman–Crippen MR) is 105 cm³/mol. The summed E-state index contributed by atoms with van der Waals surface area (Å²) in [6.45, 7) is 5.74. The van der Waals surface area contributed by atoms with Crippen molar-refractivity contribution in [2.24, 2.45) is 5.92 Å². The van der Waals surface area contributed by atoms with Crippen LogP contribution in [-0.2, 0) is 11.4 Å². The Morgan fingerprint density at radius 2 is 2.04 bits per heavy atom. The van der Waals surface area contributed by atoms with Crippen LogP contribution in [0.5, 0.6) is 5.75 Å². The van der Waals surface area contributed by atoms with E-state index in [9.17, 15) is 4.79 Å². The van der Waals surface area contributed by atoms with Crippen molar-refractivity contribution in [1.29, 1.82) is 0 Å². The maximum atomic E-state index is 12.6. The Kier molecular flexibility index (Phi) is 5.94. The number of likely N-dealkylation sites (tertiary alicyclic amines) is 1. The Hall–Kier alpha value is -2.33. The third-order valence-corrected chi connectivity index (χ3v) is 5.17. The summed E-state index contributed by atoms with van der Waals surface area (Å²) in [4.78, 5) is 14.9. The molecular weight excluding hydrogens is 324 g/mol. The lowest BCUT2D eigenvalue weighted by Crippen LogP contribution is -2.41. The summed E-state index contributed by atoms with van der Waals surface area (Å²) >= 11 is 0. The van der Waals surface area contributed by atoms with Gasteiger partial charge in [0.25, 0.3) is 0 Å². The van der Waals surface area contributed by atoms with E-state index in [0.29, 0.717) is 12.6 Å². The van der Waals surface area contributed by atoms with Crippen LogP contribution in [0.1, 0.15) is 30.9 Å². The summed E-state index contributed by atoms with van der Waals surface area (Å²) in [5, 5.41) is 3.06. The predicted octanol–water partition coefficient (Wildman–Crippen LogP) is 4.24. The summed E-state index contributed by atoms with van der Waals surface area (Å²) in [6.07, 6.45) is 1.82. The van der Waals surface area contributed by atoms with Gasteiger partial charge in [-0.3, -0.25) is 4.79 Å². The van der Waals surface area contributed by atoms with Gasteiger partial charge in [-0.05, 0) is 58.0 Å². The number of piperidine rings is 1. The van der Waals surface area contributed by atoms with Gasteiger partial charge in [-0.15, -0.1) is 0 Å². The molecule has 0 aromatic heterocycles. The molecule has 2 aromatic carbocycles. The first kappa shape index (κ1) is 18.5. The van der Waals surface area contributed by atoms with Gasteiger partial charge < -0.3 is 15.0 Å². The van der Waals surface area contributed by atoms with Gasteiger partial charge in [0, 0.05) is 23.7 Å². The zero-order chi connectivity index (χ0) is 18.5. The Morgan fingerprint density at radius 3 is 2.81 bits per heavy atom. The van der Waals surface area contributed by atoms with E-state index in [1.165, 1.54) is 5.56 Å². The normalized spacial score (nSPS) is 20.6. The second kappa shape index (κ2) is 8.37. The molecule has 26 heavy (non-hydrogen) atoms. The quantitative estimate of drug-likeness (QED) is 0.875. The lowest BCUT2D eigenvalue weighted by Gasteiger charge is -2.34. The van der Waals surface area contributed by atoms with Crippen LogP contribution in [-0.4, -0.2) is 30.4 Å². The van der Waals surface area contributed by atoms with Crippen LogP contribution in [0.4, 0.5) is 5.69 Å². The van der Waals surface area contributed by atoms with Gasteiger partial charge in [0.15, 0.2) is 0 Å². The Bertz CT molecular complexity index is 759. The number of hydrogen-bond donors (Lipinski definition) is 1. The van der Waals surface area contributed by atoms with E-state index in [2.05, 4.69) is 49.3 Å². The molecule has 0 aliphatic carbocycles. The van der Waals surface area contributed by atoms with E-state index in [0.717, 1.165) is 36.4 Å². The topological polar surface area (TPSA) is 41.6 Å². The van der Waals surface area contributed by atoms with Crippen molar-refractivity contribution >= 4 is 11.6 Å². The number of anilines is 1. The highest BCUT2D eigenvalue weighted by atomic mass is 16.5. The molecule has 1 fully saturated rings. The average molecular weight is 352 g/mol. The first-order valence-corrected chi connectivity index (χ1v) is 9.31. The van der Waals surface area contributed by atoms with E-state index >= 15 is 0 Å². The Balaban J connectivity index is 1.57. The van der Waals surface area contributed by atoms with Gasteiger partial charge in [0.2, 0.25) is 5.91 Å². The minimum Gasteiger partial charge on any atom is -0.489 e. The maximum Gasteiger partial charge on any atom is 0.227 e. The number of hydrogen-bond acceptors (Lipinski definition) is 3. The molecule has 0 spiro atoms. The van der Waals surface area contributed by atoms with E-state index in [4.69, 9.17) is 4.74 Å². The molecule has 0 unspecified atom stereocenters. The number of ether oxygens (including phenoxy) is 1. The monoisotopic (exact) mass is 352 g/mol. The van der Waals surface area contributed by atoms with Gasteiger partial charge in [-0.1, -0.05) is 35.9 Å². The third-order valence-electron chi connectivity index (χ3n) is 5.17. The van der Waals surface area contributed by atoms with Gasteiger partial charge >= 0.3 is 0 Å². The maximum absolute atomic E-state index is 12.6. The van der Waals surface area contributed by atoms with Crippen LogP contribution < -0.4 is 10.1 Å². The molecule has 4 heteroatoms. The van der Waals surface area contributed by atoms with Crippen molar-refractivity contribution in [3.63, 3.8) is 0 Å². The lowest BCUT2D eigenvalue weighted by molar-refractivity contribution is -0.121. The fraction of sp³-hybridized carbons (Fsp3) is 0.409. The molecule has 2 atom stereocenters. The molecule has 1 aliphatic rings. The highest BCUT2D eigenvalue weighted by Gasteiger charge is 2.27. The van der Waals surface area contributed by atoms with Crippen LogP contribution in [0.15, 0.2) is 48.5 Å². The van der Waals surface area contributed by atoms with E-state index in [1.54, 1.807) is 0 Å². The molecule has 1 saturated heterocycles. The minimum absolute atomic E-state index is 0.0815. The zero-order valence-electron chi connectivity index (χ0n) is 15.9. The molecule has 0 saturated carbocycles. The fourth-order valence-electron chi connectivity index (χ4n) is 3.40. The molecule has 0 bridgehead atoms. The Labute approximate surface area is 156 Å². The average Bonchev–Trinajstić information content (AvgIpc) is 2.62. The smallest absolute Gasteiger partial charge is 0.227 e. The van der Waals surface area contributed by atoms with Gasteiger partial charge in [-0.2, -0.15) is 0 Å². The number of benzene rings is 2. The number of nitrogens with zero attached hydrogens (tertiary/aromatic N) is 1. The molecule has 1 amide bonds. The largest absolute Gasteiger partial charge is 0.489 e. The molecule has 138 valence electrons. The van der Waals surface area contributed by atoms with Gasteiger partial charge in [0.1, 0.15) is 12.4 Å². The molecule has 1 heterocycles. The van der Waals surface area contributed by atoms with Crippen molar-refractivity contribution in [2.45, 2.75) is 39.3 Å². The van der Waals surface area contributed by atoms with E-state index < -0.39 is 0 Å². The second-order valence-corrected chi connectivity index (χ2v) is 7.35. The summed E-state index contributed by atoms with van der Waals surface area (Å²) in [5.74, 6) is 0.958. The highest BCUT2D eigenvalue weighted by Crippen LogP contribution is 2.24. The van der Waals surface area contributed by atoms with Crippen molar-refractivity contribution in [1.82, 2.24) is 4.90 Å². The Morgan fingerprint density at radius 1 is 1.23 bits per heavy atom. The van der Waals surface area contributed by atoms with Crippen molar-refractivity contribution in [2.75, 3.05) is 18.9 Å². The molecule has 3 rings (SSSR count). The van der Waals surface area contributed by atoms with Crippen LogP contribution in [0.3, 0.4) is 0 Å². The van der Waals surface area contributed by atoms with Crippen LogP contribution in [0.2, 0.25) is 0 Å². The van der Waals surface area contributed by atoms with Crippen molar-refractivity contribution < 1.29 is 9.53 Å². The summed E-state index contributed by atoms with van der Waals surface area (Å²) in [6, 6.07) is 16.4. The first-order valence-electron chi connectivity index (χ1n) is 9.31. The van der Waals surface area contributed by atoms with E-state index in [-0.39, 0.29) is 11.8 Å². The molecule has 2 aromatic rings.